The first-order valence-corrected chi connectivity index (χ1v) is 10.7. The van der Waals surface area contributed by atoms with E-state index in [4.69, 9.17) is 27.9 Å². The molecule has 1 saturated heterocycles. The largest absolute Gasteiger partial charge is 0.368 e. The summed E-state index contributed by atoms with van der Waals surface area (Å²) in [6.07, 6.45) is 5.60. The molecule has 2 amide bonds. The molecule has 7 nitrogen and oxygen atoms in total. The molecule has 4 aliphatic carbocycles. The van der Waals surface area contributed by atoms with Crippen molar-refractivity contribution in [3.63, 3.8) is 0 Å². The third-order valence-corrected chi connectivity index (χ3v) is 7.50. The van der Waals surface area contributed by atoms with Crippen molar-refractivity contribution in [1.82, 2.24) is 21.1 Å². The first-order chi connectivity index (χ1) is 12.8. The third kappa shape index (κ3) is 4.08. The Kier molecular flexibility index (Phi) is 5.35. The van der Waals surface area contributed by atoms with Crippen LogP contribution in [-0.2, 0) is 14.3 Å². The molecule has 0 aromatic heterocycles. The maximum absolute atomic E-state index is 12.3. The number of carbonyl (C=O) groups is 2. The average Bonchev–Trinajstić information content (AvgIpc) is 2.99. The second kappa shape index (κ2) is 7.34. The van der Waals surface area contributed by atoms with E-state index in [2.05, 4.69) is 16.1 Å². The van der Waals surface area contributed by atoms with Crippen molar-refractivity contribution >= 4 is 35.0 Å². The van der Waals surface area contributed by atoms with Crippen LogP contribution in [0.25, 0.3) is 0 Å². The third-order valence-electron chi connectivity index (χ3n) is 6.36. The lowest BCUT2D eigenvalue weighted by atomic mass is 9.44. The Morgan fingerprint density at radius 2 is 1.81 bits per heavy atom. The van der Waals surface area contributed by atoms with Crippen LogP contribution in [0.5, 0.6) is 0 Å². The fourth-order valence-electron chi connectivity index (χ4n) is 5.03. The monoisotopic (exact) mass is 418 g/mol. The summed E-state index contributed by atoms with van der Waals surface area (Å²) in [5.41, 5.74) is 2.87. The number of ether oxygens (including phenoxy) is 1. The molecule has 0 aromatic rings. The minimum atomic E-state index is -0.156. The van der Waals surface area contributed by atoms with Crippen LogP contribution >= 0.6 is 23.2 Å². The maximum Gasteiger partial charge on any atom is 0.246 e. The lowest BCUT2D eigenvalue weighted by Gasteiger charge is -2.70. The molecule has 0 aromatic carbocycles. The molecule has 1 heterocycles. The highest BCUT2D eigenvalue weighted by molar-refractivity contribution is 6.30. The van der Waals surface area contributed by atoms with E-state index in [0.29, 0.717) is 6.42 Å². The van der Waals surface area contributed by atoms with E-state index in [1.165, 1.54) is 0 Å². The van der Waals surface area contributed by atoms with Crippen molar-refractivity contribution < 1.29 is 14.3 Å². The molecular weight excluding hydrogens is 391 g/mol. The SMILES string of the molecule is CN1CCC(C(=O)NC23CC(NC(=O)COC4CCC(Cl)C(Cl)C4)(C2)C3)N1. The van der Waals surface area contributed by atoms with Crippen molar-refractivity contribution in [3.05, 3.63) is 0 Å². The first kappa shape index (κ1) is 19.7. The molecule has 152 valence electrons. The summed E-state index contributed by atoms with van der Waals surface area (Å²) >= 11 is 12.3. The van der Waals surface area contributed by atoms with E-state index >= 15 is 0 Å². The van der Waals surface area contributed by atoms with Gasteiger partial charge in [-0.15, -0.1) is 23.2 Å². The smallest absolute Gasteiger partial charge is 0.246 e. The zero-order chi connectivity index (χ0) is 19.2. The molecule has 4 unspecified atom stereocenters. The minimum Gasteiger partial charge on any atom is -0.368 e. The summed E-state index contributed by atoms with van der Waals surface area (Å²) in [5, 5.41) is 8.11. The molecule has 2 bridgehead atoms. The summed E-state index contributed by atoms with van der Waals surface area (Å²) in [5.74, 6) is -0.0272. The van der Waals surface area contributed by atoms with Crippen molar-refractivity contribution in [1.29, 1.82) is 0 Å². The van der Waals surface area contributed by atoms with E-state index < -0.39 is 0 Å². The second-order valence-corrected chi connectivity index (χ2v) is 9.92. The van der Waals surface area contributed by atoms with Gasteiger partial charge in [0.25, 0.3) is 0 Å². The Hall–Kier alpha value is -0.600. The van der Waals surface area contributed by atoms with Gasteiger partial charge in [-0.2, -0.15) is 0 Å². The van der Waals surface area contributed by atoms with E-state index in [9.17, 15) is 9.59 Å². The van der Waals surface area contributed by atoms with E-state index in [-0.39, 0.29) is 52.4 Å². The van der Waals surface area contributed by atoms with Gasteiger partial charge in [-0.25, -0.2) is 10.4 Å². The van der Waals surface area contributed by atoms with Crippen LogP contribution in [-0.4, -0.2) is 71.0 Å². The van der Waals surface area contributed by atoms with Gasteiger partial charge in [0.05, 0.1) is 16.9 Å². The van der Waals surface area contributed by atoms with Crippen LogP contribution < -0.4 is 16.1 Å². The molecule has 1 aliphatic heterocycles. The summed E-state index contributed by atoms with van der Waals surface area (Å²) in [6, 6.07) is -0.142. The predicted molar refractivity (Wildman–Crippen MR) is 103 cm³/mol. The molecule has 5 fully saturated rings. The van der Waals surface area contributed by atoms with Crippen LogP contribution in [0.4, 0.5) is 0 Å². The normalized spacial score (nSPS) is 43.5. The van der Waals surface area contributed by atoms with Gasteiger partial charge in [-0.1, -0.05) is 0 Å². The highest BCUT2D eigenvalue weighted by Gasteiger charge is 2.69. The maximum atomic E-state index is 12.3. The summed E-state index contributed by atoms with van der Waals surface area (Å²) in [7, 11) is 1.94. The number of hydrogen-bond donors (Lipinski definition) is 3. The standard InChI is InChI=1S/C18H28Cl2N4O3/c1-24-5-4-14(23-24)16(26)22-18-8-17(9-18,10-18)21-15(25)7-27-11-2-3-12(19)13(20)6-11/h11-14,23H,2-10H2,1H3,(H,21,25)(H,22,26). The molecule has 3 N–H and O–H groups in total. The topological polar surface area (TPSA) is 82.7 Å². The number of amides is 2. The molecule has 27 heavy (non-hydrogen) atoms. The summed E-state index contributed by atoms with van der Waals surface area (Å²) < 4.78 is 5.72. The number of alkyl halides is 2. The Morgan fingerprint density at radius 1 is 1.11 bits per heavy atom. The van der Waals surface area contributed by atoms with Crippen molar-refractivity contribution in [2.45, 2.75) is 78.9 Å². The number of hydrogen-bond acceptors (Lipinski definition) is 5. The molecule has 9 heteroatoms. The lowest BCUT2D eigenvalue weighted by Crippen LogP contribution is -2.84. The number of nitrogens with zero attached hydrogens (tertiary/aromatic N) is 1. The summed E-state index contributed by atoms with van der Waals surface area (Å²) in [6.45, 7) is 0.933. The fraction of sp³-hybridized carbons (Fsp3) is 0.889. The quantitative estimate of drug-likeness (QED) is 0.557. The zero-order valence-electron chi connectivity index (χ0n) is 15.6. The number of nitrogens with one attached hydrogen (secondary N) is 3. The van der Waals surface area contributed by atoms with E-state index in [1.54, 1.807) is 0 Å². The van der Waals surface area contributed by atoms with Gasteiger partial charge in [0.15, 0.2) is 0 Å². The number of hydrazine groups is 1. The van der Waals surface area contributed by atoms with Crippen molar-refractivity contribution in [2.75, 3.05) is 20.2 Å². The Balaban J connectivity index is 1.15. The predicted octanol–water partition coefficient (Wildman–Crippen LogP) is 0.887. The molecule has 4 atom stereocenters. The second-order valence-electron chi connectivity index (χ2n) is 8.80. The molecule has 4 saturated carbocycles. The van der Waals surface area contributed by atoms with Crippen molar-refractivity contribution in [2.24, 2.45) is 0 Å². The highest BCUT2D eigenvalue weighted by Crippen LogP contribution is 2.60. The lowest BCUT2D eigenvalue weighted by molar-refractivity contribution is -0.153. The number of halogens is 2. The average molecular weight is 419 g/mol. The minimum absolute atomic E-state index is 0.00366. The Labute approximate surface area is 169 Å². The van der Waals surface area contributed by atoms with Crippen LogP contribution in [0.2, 0.25) is 0 Å². The molecule has 5 aliphatic rings. The molecule has 5 rings (SSSR count). The molecular formula is C18H28Cl2N4O3. The Bertz CT molecular complexity index is 600. The van der Waals surface area contributed by atoms with Gasteiger partial charge in [0.1, 0.15) is 12.6 Å². The van der Waals surface area contributed by atoms with Crippen LogP contribution in [0.3, 0.4) is 0 Å². The first-order valence-electron chi connectivity index (χ1n) is 9.78. The van der Waals surface area contributed by atoms with Gasteiger partial charge < -0.3 is 15.4 Å². The van der Waals surface area contributed by atoms with E-state index in [1.807, 2.05) is 12.1 Å². The fourth-order valence-corrected chi connectivity index (χ4v) is 5.58. The highest BCUT2D eigenvalue weighted by atomic mass is 35.5. The van der Waals surface area contributed by atoms with Gasteiger partial charge in [0, 0.05) is 24.7 Å². The number of rotatable bonds is 6. The molecule has 0 spiro atoms. The van der Waals surface area contributed by atoms with Gasteiger partial charge in [-0.05, 0) is 44.9 Å². The Morgan fingerprint density at radius 3 is 2.44 bits per heavy atom. The summed E-state index contributed by atoms with van der Waals surface area (Å²) in [4.78, 5) is 24.6. The van der Waals surface area contributed by atoms with Crippen molar-refractivity contribution in [3.8, 4) is 0 Å². The van der Waals surface area contributed by atoms with Crippen LogP contribution in [0.1, 0.15) is 44.9 Å². The van der Waals surface area contributed by atoms with Gasteiger partial charge in [0.2, 0.25) is 11.8 Å². The van der Waals surface area contributed by atoms with Gasteiger partial charge in [-0.3, -0.25) is 9.59 Å². The van der Waals surface area contributed by atoms with E-state index in [0.717, 1.165) is 45.1 Å². The van der Waals surface area contributed by atoms with Crippen LogP contribution in [0.15, 0.2) is 0 Å². The van der Waals surface area contributed by atoms with Gasteiger partial charge >= 0.3 is 0 Å². The zero-order valence-corrected chi connectivity index (χ0v) is 17.1. The molecule has 0 radical (unpaired) electrons. The number of carbonyl (C=O) groups excluding carboxylic acids is 2. The van der Waals surface area contributed by atoms with Crippen LogP contribution in [0, 0.1) is 0 Å².